The minimum atomic E-state index is -0.371. The molecule has 0 radical (unpaired) electrons. The van der Waals surface area contributed by atoms with Crippen LogP contribution >= 0.6 is 15.9 Å². The molecule has 0 amide bonds. The molecular formula is C16H17BrFNO2. The lowest BCUT2D eigenvalue weighted by Crippen LogP contribution is -2.20. The van der Waals surface area contributed by atoms with Crippen LogP contribution in [0, 0.1) is 5.82 Å². The van der Waals surface area contributed by atoms with Crippen LogP contribution in [0.4, 0.5) is 4.39 Å². The van der Waals surface area contributed by atoms with Crippen LogP contribution in [0.1, 0.15) is 17.2 Å². The predicted octanol–water partition coefficient (Wildman–Crippen LogP) is 3.91. The molecule has 0 fully saturated rings. The molecule has 5 heteroatoms. The fourth-order valence-corrected chi connectivity index (χ4v) is 2.69. The molecular weight excluding hydrogens is 337 g/mol. The minimum absolute atomic E-state index is 0.295. The number of ether oxygens (including phenoxy) is 2. The summed E-state index contributed by atoms with van der Waals surface area (Å²) in [5, 5.41) is 3.13. The van der Waals surface area contributed by atoms with Crippen molar-refractivity contribution < 1.29 is 13.9 Å². The largest absolute Gasteiger partial charge is 0.496 e. The van der Waals surface area contributed by atoms with Gasteiger partial charge in [-0.05, 0) is 31.3 Å². The number of rotatable bonds is 5. The number of nitrogens with one attached hydrogen (secondary N) is 1. The summed E-state index contributed by atoms with van der Waals surface area (Å²) < 4.78 is 25.8. The number of halogens is 2. The van der Waals surface area contributed by atoms with Gasteiger partial charge in [-0.25, -0.2) is 4.39 Å². The van der Waals surface area contributed by atoms with Gasteiger partial charge in [-0.1, -0.05) is 28.1 Å². The third-order valence-corrected chi connectivity index (χ3v) is 3.81. The number of hydrogen-bond acceptors (Lipinski definition) is 3. The van der Waals surface area contributed by atoms with Gasteiger partial charge < -0.3 is 14.8 Å². The molecule has 2 aromatic rings. The van der Waals surface area contributed by atoms with Crippen molar-refractivity contribution in [3.05, 3.63) is 57.8 Å². The van der Waals surface area contributed by atoms with E-state index in [2.05, 4.69) is 21.2 Å². The van der Waals surface area contributed by atoms with Crippen LogP contribution in [0.5, 0.6) is 11.5 Å². The topological polar surface area (TPSA) is 30.5 Å². The maximum absolute atomic E-state index is 14.3. The Hall–Kier alpha value is -1.59. The maximum atomic E-state index is 14.3. The minimum Gasteiger partial charge on any atom is -0.496 e. The zero-order chi connectivity index (χ0) is 15.4. The lowest BCUT2D eigenvalue weighted by atomic mass is 9.96. The van der Waals surface area contributed by atoms with Gasteiger partial charge in [0.05, 0.1) is 25.8 Å². The summed E-state index contributed by atoms with van der Waals surface area (Å²) in [6.07, 6.45) is 0. The molecule has 2 aromatic carbocycles. The molecule has 0 saturated carbocycles. The Morgan fingerprint density at radius 1 is 1.10 bits per heavy atom. The van der Waals surface area contributed by atoms with Gasteiger partial charge in [0.15, 0.2) is 0 Å². The molecule has 0 aliphatic carbocycles. The van der Waals surface area contributed by atoms with Crippen molar-refractivity contribution in [1.29, 1.82) is 0 Å². The molecule has 112 valence electrons. The van der Waals surface area contributed by atoms with Crippen LogP contribution in [0.3, 0.4) is 0 Å². The van der Waals surface area contributed by atoms with Gasteiger partial charge in [-0.15, -0.1) is 0 Å². The van der Waals surface area contributed by atoms with Crippen LogP contribution in [-0.2, 0) is 0 Å². The van der Waals surface area contributed by atoms with Gasteiger partial charge >= 0.3 is 0 Å². The van der Waals surface area contributed by atoms with E-state index in [4.69, 9.17) is 9.47 Å². The molecule has 0 aliphatic heterocycles. The van der Waals surface area contributed by atoms with Crippen molar-refractivity contribution in [2.45, 2.75) is 6.04 Å². The van der Waals surface area contributed by atoms with E-state index in [0.29, 0.717) is 21.5 Å². The fraction of sp³-hybridized carbons (Fsp3) is 0.250. The maximum Gasteiger partial charge on any atom is 0.129 e. The summed E-state index contributed by atoms with van der Waals surface area (Å²) in [5.41, 5.74) is 1.30. The second-order valence-electron chi connectivity index (χ2n) is 4.46. The smallest absolute Gasteiger partial charge is 0.129 e. The third kappa shape index (κ3) is 3.19. The Morgan fingerprint density at radius 2 is 1.71 bits per heavy atom. The van der Waals surface area contributed by atoms with E-state index in [1.54, 1.807) is 27.3 Å². The standard InChI is InChI=1S/C16H17BrFNO2/c1-19-16(11-8-7-10(17)9-12(11)18)15-13(20-2)5-4-6-14(15)21-3/h4-9,16,19H,1-3H3. The Balaban J connectivity index is 2.61. The molecule has 2 rings (SSSR count). The molecule has 0 aliphatic rings. The van der Waals surface area contributed by atoms with E-state index in [1.807, 2.05) is 24.3 Å². The number of benzene rings is 2. The third-order valence-electron chi connectivity index (χ3n) is 3.32. The second kappa shape index (κ2) is 6.91. The Labute approximate surface area is 132 Å². The summed E-state index contributed by atoms with van der Waals surface area (Å²) in [6.45, 7) is 0. The first kappa shape index (κ1) is 15.8. The van der Waals surface area contributed by atoms with Crippen LogP contribution in [0.15, 0.2) is 40.9 Å². The van der Waals surface area contributed by atoms with Crippen molar-refractivity contribution >= 4 is 15.9 Å². The monoisotopic (exact) mass is 353 g/mol. The van der Waals surface area contributed by atoms with E-state index in [1.165, 1.54) is 6.07 Å². The van der Waals surface area contributed by atoms with Crippen LogP contribution in [-0.4, -0.2) is 21.3 Å². The molecule has 1 N–H and O–H groups in total. The highest BCUT2D eigenvalue weighted by atomic mass is 79.9. The van der Waals surface area contributed by atoms with Crippen LogP contribution in [0.2, 0.25) is 0 Å². The summed E-state index contributed by atoms with van der Waals surface area (Å²) >= 11 is 3.27. The Bertz CT molecular complexity index is 611. The van der Waals surface area contributed by atoms with Gasteiger partial charge in [0.2, 0.25) is 0 Å². The summed E-state index contributed by atoms with van der Waals surface area (Å²) in [4.78, 5) is 0. The highest BCUT2D eigenvalue weighted by Crippen LogP contribution is 2.38. The Morgan fingerprint density at radius 3 is 2.19 bits per heavy atom. The van der Waals surface area contributed by atoms with Crippen LogP contribution in [0.25, 0.3) is 0 Å². The van der Waals surface area contributed by atoms with Gasteiger partial charge in [0.1, 0.15) is 17.3 Å². The van der Waals surface area contributed by atoms with Crippen LogP contribution < -0.4 is 14.8 Å². The SMILES string of the molecule is CNC(c1ccc(Br)cc1F)c1c(OC)cccc1OC. The first-order valence-corrected chi connectivity index (χ1v) is 7.24. The number of hydrogen-bond donors (Lipinski definition) is 1. The molecule has 0 heterocycles. The summed E-state index contributed by atoms with van der Waals surface area (Å²) in [5.74, 6) is 1.00. The van der Waals surface area contributed by atoms with E-state index < -0.39 is 0 Å². The molecule has 21 heavy (non-hydrogen) atoms. The molecule has 0 saturated heterocycles. The zero-order valence-electron chi connectivity index (χ0n) is 12.1. The molecule has 0 aromatic heterocycles. The summed E-state index contributed by atoms with van der Waals surface area (Å²) in [6, 6.07) is 10.1. The van der Waals surface area contributed by atoms with Crippen molar-refractivity contribution in [2.75, 3.05) is 21.3 Å². The van der Waals surface area contributed by atoms with Gasteiger partial charge in [0.25, 0.3) is 0 Å². The van der Waals surface area contributed by atoms with Gasteiger partial charge in [0, 0.05) is 10.0 Å². The van der Waals surface area contributed by atoms with E-state index >= 15 is 0 Å². The van der Waals surface area contributed by atoms with Crippen molar-refractivity contribution in [3.63, 3.8) is 0 Å². The first-order valence-electron chi connectivity index (χ1n) is 6.45. The average molecular weight is 354 g/mol. The molecule has 0 bridgehead atoms. The lowest BCUT2D eigenvalue weighted by Gasteiger charge is -2.22. The molecule has 3 nitrogen and oxygen atoms in total. The normalized spacial score (nSPS) is 12.0. The Kier molecular flexibility index (Phi) is 5.20. The van der Waals surface area contributed by atoms with Crippen molar-refractivity contribution in [2.24, 2.45) is 0 Å². The average Bonchev–Trinajstić information content (AvgIpc) is 2.49. The highest BCUT2D eigenvalue weighted by Gasteiger charge is 2.23. The lowest BCUT2D eigenvalue weighted by molar-refractivity contribution is 0.377. The molecule has 1 unspecified atom stereocenters. The number of methoxy groups -OCH3 is 2. The molecule has 1 atom stereocenters. The molecule has 0 spiro atoms. The van der Waals surface area contributed by atoms with Crippen molar-refractivity contribution in [3.8, 4) is 11.5 Å². The van der Waals surface area contributed by atoms with E-state index in [9.17, 15) is 4.39 Å². The zero-order valence-corrected chi connectivity index (χ0v) is 13.7. The summed E-state index contributed by atoms with van der Waals surface area (Å²) in [7, 11) is 4.95. The van der Waals surface area contributed by atoms with E-state index in [0.717, 1.165) is 5.56 Å². The van der Waals surface area contributed by atoms with E-state index in [-0.39, 0.29) is 11.9 Å². The van der Waals surface area contributed by atoms with Crippen molar-refractivity contribution in [1.82, 2.24) is 5.32 Å². The second-order valence-corrected chi connectivity index (χ2v) is 5.38. The highest BCUT2D eigenvalue weighted by molar-refractivity contribution is 9.10. The van der Waals surface area contributed by atoms with Gasteiger partial charge in [-0.3, -0.25) is 0 Å². The first-order chi connectivity index (χ1) is 10.1. The fourth-order valence-electron chi connectivity index (χ4n) is 2.36. The predicted molar refractivity (Wildman–Crippen MR) is 84.5 cm³/mol. The van der Waals surface area contributed by atoms with Gasteiger partial charge in [-0.2, -0.15) is 0 Å². The quantitative estimate of drug-likeness (QED) is 0.883.